The average Bonchev–Trinajstić information content (AvgIpc) is 3.42. The summed E-state index contributed by atoms with van der Waals surface area (Å²) in [5.41, 5.74) is 7.01. The lowest BCUT2D eigenvalue weighted by Gasteiger charge is -2.22. The van der Waals surface area contributed by atoms with Crippen molar-refractivity contribution in [2.45, 2.75) is 12.8 Å². The van der Waals surface area contributed by atoms with Crippen LogP contribution in [-0.2, 0) is 9.53 Å². The van der Waals surface area contributed by atoms with Crippen LogP contribution in [0.25, 0.3) is 17.5 Å². The maximum Gasteiger partial charge on any atom is 0.362 e. The van der Waals surface area contributed by atoms with E-state index in [1.165, 1.54) is 4.57 Å². The van der Waals surface area contributed by atoms with Gasteiger partial charge in [0.05, 0.1) is 26.7 Å². The Bertz CT molecular complexity index is 1640. The summed E-state index contributed by atoms with van der Waals surface area (Å²) >= 11 is 0. The van der Waals surface area contributed by atoms with Gasteiger partial charge in [-0.25, -0.2) is 14.2 Å². The molecule has 2 aromatic heterocycles. The van der Waals surface area contributed by atoms with Crippen LogP contribution in [0.2, 0.25) is 0 Å². The predicted octanol–water partition coefficient (Wildman–Crippen LogP) is 1.71. The van der Waals surface area contributed by atoms with E-state index in [4.69, 9.17) is 28.8 Å². The minimum Gasteiger partial charge on any atom is -0.497 e. The molecule has 0 fully saturated rings. The van der Waals surface area contributed by atoms with Crippen molar-refractivity contribution in [3.8, 4) is 17.4 Å². The van der Waals surface area contributed by atoms with Gasteiger partial charge in [0, 0.05) is 0 Å². The van der Waals surface area contributed by atoms with Crippen molar-refractivity contribution >= 4 is 23.6 Å². The number of hydrogen-bond acceptors (Lipinski definition) is 9. The SMILES string of the molecule is CCOC(=O)C1=c2oc(=O)/c(=C\c3cccc(OC)c3)n2-c2oc(N)nc2[C@@H]1c1cccc(OC)c1. The average molecular weight is 489 g/mol. The number of carbonyl (C=O) groups excluding carboxylic acids is 1. The molecular formula is C26H23N3O7. The monoisotopic (exact) mass is 489 g/mol. The molecule has 4 aromatic rings. The number of rotatable bonds is 6. The summed E-state index contributed by atoms with van der Waals surface area (Å²) in [5, 5.41) is 0.113. The van der Waals surface area contributed by atoms with Crippen LogP contribution in [0.3, 0.4) is 0 Å². The highest BCUT2D eigenvalue weighted by atomic mass is 16.5. The van der Waals surface area contributed by atoms with Gasteiger partial charge in [-0.05, 0) is 48.4 Å². The lowest BCUT2D eigenvalue weighted by Crippen LogP contribution is -2.37. The van der Waals surface area contributed by atoms with Gasteiger partial charge in [-0.1, -0.05) is 24.3 Å². The van der Waals surface area contributed by atoms with E-state index >= 15 is 0 Å². The number of carbonyl (C=O) groups is 1. The molecule has 0 saturated carbocycles. The van der Waals surface area contributed by atoms with Crippen LogP contribution in [-0.4, -0.2) is 36.3 Å². The van der Waals surface area contributed by atoms with E-state index in [0.717, 1.165) is 0 Å². The summed E-state index contributed by atoms with van der Waals surface area (Å²) in [4.78, 5) is 30.8. The Kier molecular flexibility index (Phi) is 5.85. The van der Waals surface area contributed by atoms with Crippen LogP contribution < -0.4 is 31.7 Å². The molecule has 0 radical (unpaired) electrons. The topological polar surface area (TPSA) is 132 Å². The van der Waals surface area contributed by atoms with Gasteiger partial charge in [-0.3, -0.25) is 0 Å². The molecule has 1 aliphatic rings. The van der Waals surface area contributed by atoms with Crippen molar-refractivity contribution in [3.63, 3.8) is 0 Å². The largest absolute Gasteiger partial charge is 0.497 e. The van der Waals surface area contributed by atoms with Crippen molar-refractivity contribution in [1.82, 2.24) is 9.55 Å². The first-order valence-corrected chi connectivity index (χ1v) is 11.1. The maximum absolute atomic E-state index is 13.3. The number of hydrogen-bond donors (Lipinski definition) is 1. The summed E-state index contributed by atoms with van der Waals surface area (Å²) in [6.07, 6.45) is 1.61. The van der Waals surface area contributed by atoms with Gasteiger partial charge in [0.1, 0.15) is 28.1 Å². The van der Waals surface area contributed by atoms with Gasteiger partial charge in [0.2, 0.25) is 11.4 Å². The highest BCUT2D eigenvalue weighted by Gasteiger charge is 2.39. The molecule has 0 unspecified atom stereocenters. The van der Waals surface area contributed by atoms with E-state index in [0.29, 0.717) is 28.3 Å². The Hall–Kier alpha value is -4.73. The molecular weight excluding hydrogens is 466 g/mol. The number of benzene rings is 2. The van der Waals surface area contributed by atoms with Gasteiger partial charge >= 0.3 is 11.6 Å². The molecule has 1 atom stereocenters. The normalized spacial score (nSPS) is 14.8. The number of aromatic nitrogens is 2. The minimum atomic E-state index is -0.787. The smallest absolute Gasteiger partial charge is 0.362 e. The number of esters is 1. The van der Waals surface area contributed by atoms with Gasteiger partial charge in [-0.2, -0.15) is 4.98 Å². The van der Waals surface area contributed by atoms with Gasteiger partial charge in [0.25, 0.3) is 6.01 Å². The van der Waals surface area contributed by atoms with Crippen molar-refractivity contribution in [2.75, 3.05) is 26.6 Å². The summed E-state index contributed by atoms with van der Waals surface area (Å²) < 4.78 is 28.9. The molecule has 184 valence electrons. The van der Waals surface area contributed by atoms with Gasteiger partial charge in [-0.15, -0.1) is 0 Å². The van der Waals surface area contributed by atoms with Crippen molar-refractivity contribution in [3.05, 3.63) is 86.7 Å². The zero-order chi connectivity index (χ0) is 25.4. The molecule has 0 amide bonds. The Morgan fingerprint density at radius 2 is 1.83 bits per heavy atom. The number of fused-ring (bicyclic) bond motifs is 3. The highest BCUT2D eigenvalue weighted by molar-refractivity contribution is 6.12. The third-order valence-electron chi connectivity index (χ3n) is 5.81. The maximum atomic E-state index is 13.3. The number of methoxy groups -OCH3 is 2. The van der Waals surface area contributed by atoms with E-state index in [1.54, 1.807) is 75.8 Å². The molecule has 36 heavy (non-hydrogen) atoms. The van der Waals surface area contributed by atoms with Crippen LogP contribution in [0.5, 0.6) is 11.5 Å². The van der Waals surface area contributed by atoms with Crippen LogP contribution in [0.4, 0.5) is 6.01 Å². The molecule has 10 heteroatoms. The molecule has 0 spiro atoms. The third kappa shape index (κ3) is 3.82. The lowest BCUT2D eigenvalue weighted by molar-refractivity contribution is -0.136. The fraction of sp³-hybridized carbons (Fsp3) is 0.192. The van der Waals surface area contributed by atoms with Crippen LogP contribution in [0.1, 0.15) is 29.7 Å². The van der Waals surface area contributed by atoms with Crippen molar-refractivity contribution in [2.24, 2.45) is 0 Å². The number of anilines is 1. The van der Waals surface area contributed by atoms with Crippen LogP contribution >= 0.6 is 0 Å². The number of nitrogens with zero attached hydrogens (tertiary/aromatic N) is 2. The molecule has 5 rings (SSSR count). The molecule has 0 bridgehead atoms. The quantitative estimate of drug-likeness (QED) is 0.402. The second-order valence-electron chi connectivity index (χ2n) is 7.92. The fourth-order valence-corrected chi connectivity index (χ4v) is 4.28. The standard InChI is InChI=1S/C26H23N3O7/c1-4-34-25(31)20-19(15-8-6-10-17(13-15)33-3)21-23(36-26(27)28-21)29-18(24(30)35-22(20)29)12-14-7-5-9-16(11-14)32-2/h5-13,19H,4H2,1-3H3,(H2,27,28)/b18-12+/t19-/m1/s1. The highest BCUT2D eigenvalue weighted by Crippen LogP contribution is 2.39. The Balaban J connectivity index is 1.88. The first-order chi connectivity index (χ1) is 17.4. The van der Waals surface area contributed by atoms with E-state index in [1.807, 2.05) is 0 Å². The van der Waals surface area contributed by atoms with Gasteiger partial charge < -0.3 is 28.8 Å². The summed E-state index contributed by atoms with van der Waals surface area (Å²) in [5.74, 6) is -0.0926. The zero-order valence-corrected chi connectivity index (χ0v) is 19.8. The molecule has 2 aromatic carbocycles. The molecule has 3 heterocycles. The van der Waals surface area contributed by atoms with E-state index in [9.17, 15) is 9.59 Å². The molecule has 1 aliphatic heterocycles. The summed E-state index contributed by atoms with van der Waals surface area (Å²) in [7, 11) is 3.09. The Morgan fingerprint density at radius 1 is 1.11 bits per heavy atom. The van der Waals surface area contributed by atoms with Gasteiger partial charge in [0.15, 0.2) is 0 Å². The van der Waals surface area contributed by atoms with Crippen molar-refractivity contribution in [1.29, 1.82) is 0 Å². The Morgan fingerprint density at radius 3 is 2.56 bits per heavy atom. The summed E-state index contributed by atoms with van der Waals surface area (Å²) in [6.45, 7) is 1.81. The summed E-state index contributed by atoms with van der Waals surface area (Å²) in [6, 6.07) is 14.1. The Labute approximate surface area is 204 Å². The third-order valence-corrected chi connectivity index (χ3v) is 5.81. The molecule has 2 N–H and O–H groups in total. The van der Waals surface area contributed by atoms with Crippen molar-refractivity contribution < 1.29 is 27.8 Å². The first-order valence-electron chi connectivity index (χ1n) is 11.1. The lowest BCUT2D eigenvalue weighted by atomic mass is 9.87. The van der Waals surface area contributed by atoms with E-state index in [-0.39, 0.29) is 35.0 Å². The second kappa shape index (κ2) is 9.14. The number of oxazole rings is 2. The number of ether oxygens (including phenoxy) is 3. The molecule has 0 aliphatic carbocycles. The molecule has 0 saturated heterocycles. The van der Waals surface area contributed by atoms with E-state index in [2.05, 4.69) is 4.98 Å². The fourth-order valence-electron chi connectivity index (χ4n) is 4.28. The van der Waals surface area contributed by atoms with Crippen LogP contribution in [0.15, 0.2) is 62.2 Å². The number of nitrogen functional groups attached to an aromatic ring is 1. The zero-order valence-electron chi connectivity index (χ0n) is 19.8. The first kappa shape index (κ1) is 23.0. The number of nitrogens with two attached hydrogens (primary N) is 1. The van der Waals surface area contributed by atoms with Crippen LogP contribution in [0, 0.1) is 0 Å². The predicted molar refractivity (Wildman–Crippen MR) is 129 cm³/mol. The second-order valence-corrected chi connectivity index (χ2v) is 7.92. The molecule has 10 nitrogen and oxygen atoms in total. The van der Waals surface area contributed by atoms with E-state index < -0.39 is 17.5 Å². The minimum absolute atomic E-state index is 0.0240.